The van der Waals surface area contributed by atoms with E-state index in [9.17, 15) is 8.42 Å². The van der Waals surface area contributed by atoms with Crippen LogP contribution >= 0.6 is 0 Å². The molecule has 22 heavy (non-hydrogen) atoms. The van der Waals surface area contributed by atoms with Gasteiger partial charge in [0.15, 0.2) is 5.82 Å². The van der Waals surface area contributed by atoms with E-state index in [-0.39, 0.29) is 11.8 Å². The Morgan fingerprint density at radius 3 is 2.45 bits per heavy atom. The molecule has 0 spiro atoms. The minimum Gasteiger partial charge on any atom is -0.338 e. The van der Waals surface area contributed by atoms with E-state index in [0.717, 1.165) is 11.0 Å². The van der Waals surface area contributed by atoms with Crippen molar-refractivity contribution >= 4 is 16.1 Å². The van der Waals surface area contributed by atoms with Crippen LogP contribution in [0.3, 0.4) is 0 Å². The molecule has 0 aliphatic carbocycles. The van der Waals surface area contributed by atoms with E-state index in [2.05, 4.69) is 14.9 Å². The molecule has 0 bridgehead atoms. The van der Waals surface area contributed by atoms with E-state index in [1.807, 2.05) is 44.2 Å². The maximum atomic E-state index is 12.2. The van der Waals surface area contributed by atoms with Crippen LogP contribution < -0.4 is 4.72 Å². The molecule has 0 aliphatic heterocycles. The van der Waals surface area contributed by atoms with Crippen LogP contribution in [0.5, 0.6) is 0 Å². The highest BCUT2D eigenvalue weighted by atomic mass is 32.2. The summed E-state index contributed by atoms with van der Waals surface area (Å²) in [5, 5.41) is 4.84. The summed E-state index contributed by atoms with van der Waals surface area (Å²) >= 11 is 0. The summed E-state index contributed by atoms with van der Waals surface area (Å²) in [4.78, 5) is 4.11. The third-order valence-corrected chi connectivity index (χ3v) is 4.08. The van der Waals surface area contributed by atoms with Gasteiger partial charge in [0.1, 0.15) is 6.04 Å². The van der Waals surface area contributed by atoms with E-state index in [1.165, 1.54) is 0 Å². The fourth-order valence-electron chi connectivity index (χ4n) is 1.86. The van der Waals surface area contributed by atoms with E-state index in [0.29, 0.717) is 5.82 Å². The van der Waals surface area contributed by atoms with Crippen molar-refractivity contribution in [3.8, 4) is 0 Å². The first kappa shape index (κ1) is 16.4. The van der Waals surface area contributed by atoms with Crippen LogP contribution in [0.4, 0.5) is 0 Å². The lowest BCUT2D eigenvalue weighted by Crippen LogP contribution is -2.30. The van der Waals surface area contributed by atoms with Crippen LogP contribution in [0, 0.1) is 12.8 Å². The van der Waals surface area contributed by atoms with Crippen molar-refractivity contribution in [2.45, 2.75) is 26.8 Å². The zero-order valence-electron chi connectivity index (χ0n) is 12.7. The Kier molecular flexibility index (Phi) is 5.10. The fraction of sp³-hybridized carbons (Fsp3) is 0.333. The summed E-state index contributed by atoms with van der Waals surface area (Å²) < 4.78 is 32.1. The van der Waals surface area contributed by atoms with Crippen molar-refractivity contribution in [1.29, 1.82) is 0 Å². The third kappa shape index (κ3) is 4.51. The number of hydrogen-bond donors (Lipinski definition) is 1. The standard InChI is InChI=1S/C15H19N3O3S/c1-11(2)14(15-16-12(3)17-21-15)18-22(19,20)10-9-13-7-5-4-6-8-13/h4-11,14,18H,1-3H3/b10-9-/t14-/m0/s1. The Bertz CT molecular complexity index is 736. The molecular weight excluding hydrogens is 302 g/mol. The van der Waals surface area contributed by atoms with Crippen LogP contribution in [0.1, 0.15) is 37.2 Å². The van der Waals surface area contributed by atoms with Gasteiger partial charge in [0.25, 0.3) is 0 Å². The van der Waals surface area contributed by atoms with Gasteiger partial charge in [-0.05, 0) is 24.5 Å². The summed E-state index contributed by atoms with van der Waals surface area (Å²) in [6.07, 6.45) is 1.54. The van der Waals surface area contributed by atoms with Gasteiger partial charge in [-0.1, -0.05) is 49.3 Å². The lowest BCUT2D eigenvalue weighted by atomic mass is 10.1. The topological polar surface area (TPSA) is 85.1 Å². The summed E-state index contributed by atoms with van der Waals surface area (Å²) in [6.45, 7) is 5.45. The SMILES string of the molecule is Cc1noc([C@@H](NS(=O)(=O)/C=C\c2ccccc2)C(C)C)n1. The second-order valence-corrected chi connectivity index (χ2v) is 6.88. The molecule has 2 rings (SSSR count). The van der Waals surface area contributed by atoms with Gasteiger partial charge in [0.05, 0.1) is 0 Å². The van der Waals surface area contributed by atoms with E-state index in [1.54, 1.807) is 13.0 Å². The van der Waals surface area contributed by atoms with Crippen LogP contribution in [-0.4, -0.2) is 18.6 Å². The molecule has 6 nitrogen and oxygen atoms in total. The molecule has 1 aromatic carbocycles. The zero-order valence-corrected chi connectivity index (χ0v) is 13.5. The molecule has 7 heteroatoms. The Morgan fingerprint density at radius 2 is 1.91 bits per heavy atom. The van der Waals surface area contributed by atoms with Gasteiger partial charge in [-0.15, -0.1) is 0 Å². The summed E-state index contributed by atoms with van der Waals surface area (Å²) in [5.74, 6) is 0.712. The zero-order chi connectivity index (χ0) is 16.2. The Morgan fingerprint density at radius 1 is 1.23 bits per heavy atom. The van der Waals surface area contributed by atoms with E-state index >= 15 is 0 Å². The van der Waals surface area contributed by atoms with Crippen molar-refractivity contribution in [2.75, 3.05) is 0 Å². The first-order chi connectivity index (χ1) is 10.4. The largest absolute Gasteiger partial charge is 0.338 e. The Hall–Kier alpha value is -1.99. The number of rotatable bonds is 6. The molecule has 2 aromatic rings. The lowest BCUT2D eigenvalue weighted by molar-refractivity contribution is 0.310. The van der Waals surface area contributed by atoms with E-state index < -0.39 is 16.1 Å². The molecule has 1 aromatic heterocycles. The Labute approximate surface area is 130 Å². The molecule has 0 unspecified atom stereocenters. The molecule has 1 N–H and O–H groups in total. The highest BCUT2D eigenvalue weighted by molar-refractivity contribution is 7.92. The molecule has 0 saturated carbocycles. The second kappa shape index (κ2) is 6.85. The predicted molar refractivity (Wildman–Crippen MR) is 84.1 cm³/mol. The molecule has 1 heterocycles. The number of benzene rings is 1. The molecule has 0 radical (unpaired) electrons. The highest BCUT2D eigenvalue weighted by Crippen LogP contribution is 2.21. The molecular formula is C15H19N3O3S. The lowest BCUT2D eigenvalue weighted by Gasteiger charge is -2.17. The predicted octanol–water partition coefficient (Wildman–Crippen LogP) is 2.67. The number of aryl methyl sites for hydroxylation is 1. The average Bonchev–Trinajstić information content (AvgIpc) is 2.90. The maximum Gasteiger partial charge on any atom is 0.245 e. The highest BCUT2D eigenvalue weighted by Gasteiger charge is 2.25. The summed E-state index contributed by atoms with van der Waals surface area (Å²) in [6, 6.07) is 8.65. The van der Waals surface area contributed by atoms with Gasteiger partial charge < -0.3 is 4.52 Å². The number of sulfonamides is 1. The average molecular weight is 321 g/mol. The minimum atomic E-state index is -3.62. The normalized spacial score (nSPS) is 13.8. The van der Waals surface area contributed by atoms with Gasteiger partial charge in [0.2, 0.25) is 15.9 Å². The van der Waals surface area contributed by atoms with E-state index in [4.69, 9.17) is 4.52 Å². The van der Waals surface area contributed by atoms with Gasteiger partial charge in [-0.25, -0.2) is 8.42 Å². The van der Waals surface area contributed by atoms with Crippen molar-refractivity contribution in [2.24, 2.45) is 5.92 Å². The number of aromatic nitrogens is 2. The number of nitrogens with zero attached hydrogens (tertiary/aromatic N) is 2. The van der Waals surface area contributed by atoms with Gasteiger partial charge >= 0.3 is 0 Å². The quantitative estimate of drug-likeness (QED) is 0.884. The van der Waals surface area contributed by atoms with Crippen LogP contribution in [-0.2, 0) is 10.0 Å². The smallest absolute Gasteiger partial charge is 0.245 e. The fourth-order valence-corrected chi connectivity index (χ4v) is 3.00. The third-order valence-electron chi connectivity index (χ3n) is 3.01. The molecule has 0 saturated heterocycles. The monoisotopic (exact) mass is 321 g/mol. The second-order valence-electron chi connectivity index (χ2n) is 5.28. The van der Waals surface area contributed by atoms with Crippen LogP contribution in [0.15, 0.2) is 40.3 Å². The van der Waals surface area contributed by atoms with Gasteiger partial charge in [-0.2, -0.15) is 9.71 Å². The molecule has 118 valence electrons. The Balaban J connectivity index is 2.16. The maximum absolute atomic E-state index is 12.2. The molecule has 1 atom stereocenters. The van der Waals surface area contributed by atoms with Gasteiger partial charge in [-0.3, -0.25) is 0 Å². The number of nitrogens with one attached hydrogen (secondary N) is 1. The number of hydrogen-bond acceptors (Lipinski definition) is 5. The molecule has 0 amide bonds. The summed E-state index contributed by atoms with van der Waals surface area (Å²) in [7, 11) is -3.62. The van der Waals surface area contributed by atoms with Crippen molar-refractivity contribution < 1.29 is 12.9 Å². The summed E-state index contributed by atoms with van der Waals surface area (Å²) in [5.41, 5.74) is 0.808. The van der Waals surface area contributed by atoms with Crippen LogP contribution in [0.25, 0.3) is 6.08 Å². The first-order valence-corrected chi connectivity index (χ1v) is 8.48. The molecule has 0 aliphatic rings. The first-order valence-electron chi connectivity index (χ1n) is 6.93. The van der Waals surface area contributed by atoms with Crippen molar-refractivity contribution in [3.63, 3.8) is 0 Å². The van der Waals surface area contributed by atoms with Crippen molar-refractivity contribution in [1.82, 2.24) is 14.9 Å². The van der Waals surface area contributed by atoms with Crippen molar-refractivity contribution in [3.05, 3.63) is 53.0 Å². The molecule has 0 fully saturated rings. The van der Waals surface area contributed by atoms with Crippen LogP contribution in [0.2, 0.25) is 0 Å². The van der Waals surface area contributed by atoms with Gasteiger partial charge in [0, 0.05) is 5.41 Å². The minimum absolute atomic E-state index is 0.0280.